The molecule has 164 valence electrons. The molecular weight excluding hydrogens is 392 g/mol. The molecule has 0 radical (unpaired) electrons. The first-order valence-electron chi connectivity index (χ1n) is 11.1. The summed E-state index contributed by atoms with van der Waals surface area (Å²) >= 11 is 0. The van der Waals surface area contributed by atoms with E-state index in [0.29, 0.717) is 17.9 Å². The summed E-state index contributed by atoms with van der Waals surface area (Å²) in [6, 6.07) is 6.60. The van der Waals surface area contributed by atoms with Crippen molar-refractivity contribution in [3.05, 3.63) is 29.3 Å². The van der Waals surface area contributed by atoms with Crippen LogP contribution in [0.5, 0.6) is 0 Å². The fourth-order valence-corrected chi connectivity index (χ4v) is 5.33. The summed E-state index contributed by atoms with van der Waals surface area (Å²) in [5.41, 5.74) is 11.3. The molecule has 2 unspecified atom stereocenters. The predicted molar refractivity (Wildman–Crippen MR) is 121 cm³/mol. The quantitative estimate of drug-likeness (QED) is 0.768. The number of nitrogens with two attached hydrogens (primary N) is 1. The van der Waals surface area contributed by atoms with Crippen LogP contribution in [0.3, 0.4) is 0 Å². The van der Waals surface area contributed by atoms with Gasteiger partial charge in [0.15, 0.2) is 0 Å². The molecule has 2 atom stereocenters. The van der Waals surface area contributed by atoms with Crippen LogP contribution in [0.25, 0.3) is 11.3 Å². The molecule has 2 aromatic rings. The highest BCUT2D eigenvalue weighted by Crippen LogP contribution is 2.39. The number of benzene rings is 1. The normalized spacial score (nSPS) is 22.2. The second-order valence-electron chi connectivity index (χ2n) is 8.82. The molecule has 2 aliphatic heterocycles. The summed E-state index contributed by atoms with van der Waals surface area (Å²) in [5, 5.41) is 3.67. The van der Waals surface area contributed by atoms with Crippen molar-refractivity contribution < 1.29 is 9.53 Å². The van der Waals surface area contributed by atoms with E-state index in [0.717, 1.165) is 61.7 Å². The minimum Gasteiger partial charge on any atom is -0.452 e. The van der Waals surface area contributed by atoms with E-state index in [1.807, 2.05) is 12.1 Å². The van der Waals surface area contributed by atoms with Gasteiger partial charge in [0.05, 0.1) is 12.8 Å². The van der Waals surface area contributed by atoms with Gasteiger partial charge in [0.1, 0.15) is 5.82 Å². The Morgan fingerprint density at radius 2 is 2.13 bits per heavy atom. The molecule has 0 saturated carbocycles. The molecule has 1 aliphatic carbocycles. The van der Waals surface area contributed by atoms with Crippen LogP contribution in [0.2, 0.25) is 0 Å². The van der Waals surface area contributed by atoms with Crippen LogP contribution in [-0.2, 0) is 17.6 Å². The average Bonchev–Trinajstić information content (AvgIpc) is 3.14. The highest BCUT2D eigenvalue weighted by atomic mass is 16.5. The van der Waals surface area contributed by atoms with E-state index in [1.165, 1.54) is 36.0 Å². The van der Waals surface area contributed by atoms with Crippen molar-refractivity contribution in [3.63, 3.8) is 0 Å². The number of aryl methyl sites for hydroxylation is 1. The number of fused-ring (bicyclic) bond motifs is 4. The number of hydrogen-bond donors (Lipinski definition) is 2. The number of methoxy groups -OCH3 is 1. The molecule has 1 aromatic heterocycles. The molecule has 0 bridgehead atoms. The van der Waals surface area contributed by atoms with Gasteiger partial charge in [0.2, 0.25) is 5.95 Å². The van der Waals surface area contributed by atoms with E-state index in [4.69, 9.17) is 20.4 Å². The number of ether oxygens (including phenoxy) is 1. The number of nitrogens with zero attached hydrogens (tertiary/aromatic N) is 4. The zero-order valence-electron chi connectivity index (χ0n) is 18.2. The lowest BCUT2D eigenvalue weighted by atomic mass is 9.94. The van der Waals surface area contributed by atoms with Crippen LogP contribution in [0, 0.1) is 5.92 Å². The minimum absolute atomic E-state index is 0.302. The van der Waals surface area contributed by atoms with Gasteiger partial charge in [-0.25, -0.2) is 9.78 Å². The summed E-state index contributed by atoms with van der Waals surface area (Å²) in [6.45, 7) is 3.08. The van der Waals surface area contributed by atoms with Crippen LogP contribution in [0.15, 0.2) is 18.2 Å². The first-order chi connectivity index (χ1) is 15.0. The minimum atomic E-state index is -0.399. The number of hydrogen-bond acceptors (Lipinski definition) is 7. The summed E-state index contributed by atoms with van der Waals surface area (Å²) in [5.74, 6) is 1.95. The Bertz CT molecular complexity index is 996. The average molecular weight is 423 g/mol. The van der Waals surface area contributed by atoms with Crippen molar-refractivity contribution in [2.45, 2.75) is 38.1 Å². The maximum atomic E-state index is 12.0. The lowest BCUT2D eigenvalue weighted by Gasteiger charge is -2.24. The SMILES string of the molecule is COC(=O)N(C)c1ccc2c(c1)-c1nc(N)nc(N3CC4CCCNC4C3)c1CCC2. The standard InChI is InChI=1S/C23H30N6O2/c1-28(23(30)31-2)16-9-8-14-5-3-7-17-20(18(14)11-16)26-22(24)27-21(17)29-12-15-6-4-10-25-19(15)13-29/h8-9,11,15,19,25H,3-7,10,12-13H2,1-2H3,(H2,24,26,27). The molecule has 1 amide bonds. The summed E-state index contributed by atoms with van der Waals surface area (Å²) in [4.78, 5) is 25.4. The van der Waals surface area contributed by atoms with E-state index in [2.05, 4.69) is 16.3 Å². The molecule has 3 N–H and O–H groups in total. The number of anilines is 3. The molecule has 2 fully saturated rings. The number of piperidine rings is 1. The number of aromatic nitrogens is 2. The van der Waals surface area contributed by atoms with Gasteiger partial charge in [-0.3, -0.25) is 4.90 Å². The van der Waals surface area contributed by atoms with Crippen molar-refractivity contribution in [1.29, 1.82) is 0 Å². The number of carbonyl (C=O) groups excluding carboxylic acids is 1. The van der Waals surface area contributed by atoms with Gasteiger partial charge in [-0.1, -0.05) is 6.07 Å². The third kappa shape index (κ3) is 3.59. The lowest BCUT2D eigenvalue weighted by Crippen LogP contribution is -2.40. The van der Waals surface area contributed by atoms with Crippen LogP contribution in [0.4, 0.5) is 22.2 Å². The monoisotopic (exact) mass is 422 g/mol. The molecular formula is C23H30N6O2. The molecule has 3 aliphatic rings. The zero-order chi connectivity index (χ0) is 21.5. The van der Waals surface area contributed by atoms with Crippen LogP contribution in [-0.4, -0.2) is 55.9 Å². The predicted octanol–water partition coefficient (Wildman–Crippen LogP) is 2.61. The zero-order valence-corrected chi connectivity index (χ0v) is 18.2. The second-order valence-corrected chi connectivity index (χ2v) is 8.82. The molecule has 1 aromatic carbocycles. The Balaban J connectivity index is 1.57. The molecule has 31 heavy (non-hydrogen) atoms. The number of nitrogen functional groups attached to an aromatic ring is 1. The first kappa shape index (κ1) is 20.1. The Kier molecular flexibility index (Phi) is 5.17. The smallest absolute Gasteiger partial charge is 0.413 e. The molecule has 3 heterocycles. The third-order valence-electron chi connectivity index (χ3n) is 6.96. The largest absolute Gasteiger partial charge is 0.452 e. The third-order valence-corrected chi connectivity index (χ3v) is 6.96. The Morgan fingerprint density at radius 3 is 2.94 bits per heavy atom. The van der Waals surface area contributed by atoms with Gasteiger partial charge in [-0.2, -0.15) is 4.98 Å². The Labute approximate surface area is 182 Å². The fraction of sp³-hybridized carbons (Fsp3) is 0.522. The first-order valence-corrected chi connectivity index (χ1v) is 11.1. The van der Waals surface area contributed by atoms with Gasteiger partial charge >= 0.3 is 6.09 Å². The molecule has 8 heteroatoms. The lowest BCUT2D eigenvalue weighted by molar-refractivity contribution is 0.180. The maximum absolute atomic E-state index is 12.0. The van der Waals surface area contributed by atoms with Crippen molar-refractivity contribution in [3.8, 4) is 11.3 Å². The number of carbonyl (C=O) groups is 1. The molecule has 5 rings (SSSR count). The van der Waals surface area contributed by atoms with Crippen LogP contribution in [0.1, 0.15) is 30.4 Å². The molecule has 8 nitrogen and oxygen atoms in total. The summed E-state index contributed by atoms with van der Waals surface area (Å²) in [7, 11) is 3.10. The van der Waals surface area contributed by atoms with E-state index < -0.39 is 6.09 Å². The fourth-order valence-electron chi connectivity index (χ4n) is 5.33. The Hall–Kier alpha value is -2.87. The van der Waals surface area contributed by atoms with E-state index in [-0.39, 0.29) is 0 Å². The van der Waals surface area contributed by atoms with Gasteiger partial charge in [0, 0.05) is 43.0 Å². The van der Waals surface area contributed by atoms with Crippen molar-refractivity contribution in [2.75, 3.05) is 49.3 Å². The van der Waals surface area contributed by atoms with Gasteiger partial charge in [0.25, 0.3) is 0 Å². The van der Waals surface area contributed by atoms with Crippen molar-refractivity contribution >= 4 is 23.5 Å². The van der Waals surface area contributed by atoms with Crippen LogP contribution < -0.4 is 20.9 Å². The van der Waals surface area contributed by atoms with E-state index in [9.17, 15) is 4.79 Å². The highest BCUT2D eigenvalue weighted by Gasteiger charge is 2.36. The summed E-state index contributed by atoms with van der Waals surface area (Å²) < 4.78 is 4.89. The van der Waals surface area contributed by atoms with Gasteiger partial charge in [-0.15, -0.1) is 0 Å². The Morgan fingerprint density at radius 1 is 1.26 bits per heavy atom. The summed E-state index contributed by atoms with van der Waals surface area (Å²) in [6.07, 6.45) is 5.02. The van der Waals surface area contributed by atoms with Gasteiger partial charge in [-0.05, 0) is 62.3 Å². The maximum Gasteiger partial charge on any atom is 0.413 e. The van der Waals surface area contributed by atoms with Gasteiger partial charge < -0.3 is 20.7 Å². The number of rotatable bonds is 2. The second kappa shape index (κ2) is 8.00. The molecule has 2 saturated heterocycles. The van der Waals surface area contributed by atoms with Crippen molar-refractivity contribution in [1.82, 2.24) is 15.3 Å². The van der Waals surface area contributed by atoms with E-state index in [1.54, 1.807) is 7.05 Å². The molecule has 0 spiro atoms. The van der Waals surface area contributed by atoms with Crippen LogP contribution >= 0.6 is 0 Å². The van der Waals surface area contributed by atoms with Crippen molar-refractivity contribution in [2.24, 2.45) is 5.92 Å². The van der Waals surface area contributed by atoms with E-state index >= 15 is 0 Å². The number of nitrogens with one attached hydrogen (secondary N) is 1. The number of amides is 1. The topological polar surface area (TPSA) is 96.6 Å². The highest BCUT2D eigenvalue weighted by molar-refractivity contribution is 5.89.